The van der Waals surface area contributed by atoms with Crippen LogP contribution in [0.2, 0.25) is 5.02 Å². The number of carbonyl (C=O) groups excluding carboxylic acids is 1. The van der Waals surface area contributed by atoms with Crippen molar-refractivity contribution in [1.82, 2.24) is 24.7 Å². The van der Waals surface area contributed by atoms with Gasteiger partial charge in [0, 0.05) is 36.6 Å². The van der Waals surface area contributed by atoms with Gasteiger partial charge in [0.05, 0.1) is 24.1 Å². The molecule has 1 fully saturated rings. The molecule has 0 saturated carbocycles. The molecule has 0 aliphatic carbocycles. The van der Waals surface area contributed by atoms with Gasteiger partial charge in [0.2, 0.25) is 0 Å². The summed E-state index contributed by atoms with van der Waals surface area (Å²) in [6.45, 7) is 6.61. The largest absolute Gasteiger partial charge is 0.340 e. The molecule has 0 N–H and O–H groups in total. The molecular formula is C20H22ClN5OS. The molecule has 0 spiro atoms. The van der Waals surface area contributed by atoms with E-state index in [0.29, 0.717) is 31.2 Å². The molecule has 4 rings (SSSR count). The molecule has 28 heavy (non-hydrogen) atoms. The fourth-order valence-electron chi connectivity index (χ4n) is 3.40. The van der Waals surface area contributed by atoms with Crippen LogP contribution in [-0.2, 0) is 13.1 Å². The van der Waals surface area contributed by atoms with Gasteiger partial charge in [0.1, 0.15) is 0 Å². The second-order valence-electron chi connectivity index (χ2n) is 7.03. The molecule has 2 aliphatic rings. The van der Waals surface area contributed by atoms with Crippen LogP contribution in [0.3, 0.4) is 0 Å². The summed E-state index contributed by atoms with van der Waals surface area (Å²) in [5.74, 6) is 0. The van der Waals surface area contributed by atoms with E-state index in [2.05, 4.69) is 27.2 Å². The van der Waals surface area contributed by atoms with Crippen molar-refractivity contribution in [3.05, 3.63) is 69.7 Å². The summed E-state index contributed by atoms with van der Waals surface area (Å²) in [5.41, 5.74) is 3.92. The fourth-order valence-corrected chi connectivity index (χ4v) is 4.80. The highest BCUT2D eigenvalue weighted by atomic mass is 35.5. The minimum atomic E-state index is -0.0556. The normalized spacial score (nSPS) is 19.5. The summed E-state index contributed by atoms with van der Waals surface area (Å²) < 4.78 is 0. The SMILES string of the molecule is CC1=CSC(N2CCN(Cc3cccc(Cl)c3)C2=O)N1Cc1cnc(C)cn1. The van der Waals surface area contributed by atoms with E-state index in [9.17, 15) is 4.79 Å². The molecule has 0 bridgehead atoms. The number of hydrogen-bond donors (Lipinski definition) is 0. The first-order chi connectivity index (χ1) is 13.5. The number of allylic oxidation sites excluding steroid dienone is 1. The molecule has 1 saturated heterocycles. The summed E-state index contributed by atoms with van der Waals surface area (Å²) in [6, 6.07) is 7.73. The minimum absolute atomic E-state index is 0.0556. The third-order valence-electron chi connectivity index (χ3n) is 4.90. The monoisotopic (exact) mass is 415 g/mol. The molecule has 8 heteroatoms. The number of aryl methyl sites for hydroxylation is 1. The Hall–Kier alpha value is -2.25. The zero-order chi connectivity index (χ0) is 19.7. The smallest absolute Gasteiger partial charge is 0.322 e. The maximum absolute atomic E-state index is 13.1. The van der Waals surface area contributed by atoms with Crippen LogP contribution < -0.4 is 0 Å². The number of urea groups is 1. The number of nitrogens with zero attached hydrogens (tertiary/aromatic N) is 5. The van der Waals surface area contributed by atoms with Crippen LogP contribution in [0.1, 0.15) is 23.9 Å². The zero-order valence-corrected chi connectivity index (χ0v) is 17.5. The van der Waals surface area contributed by atoms with Gasteiger partial charge >= 0.3 is 6.03 Å². The Bertz CT molecular complexity index is 904. The van der Waals surface area contributed by atoms with E-state index in [1.165, 1.54) is 0 Å². The lowest BCUT2D eigenvalue weighted by Crippen LogP contribution is -2.45. The van der Waals surface area contributed by atoms with Crippen molar-refractivity contribution in [2.75, 3.05) is 13.1 Å². The number of thioether (sulfide) groups is 1. The van der Waals surface area contributed by atoms with Gasteiger partial charge in [-0.15, -0.1) is 0 Å². The van der Waals surface area contributed by atoms with Crippen LogP contribution in [0.4, 0.5) is 4.79 Å². The van der Waals surface area contributed by atoms with Crippen LogP contribution in [0.5, 0.6) is 0 Å². The first-order valence-corrected chi connectivity index (χ1v) is 10.5. The molecule has 146 valence electrons. The molecular weight excluding hydrogens is 394 g/mol. The quantitative estimate of drug-likeness (QED) is 0.736. The Morgan fingerprint density at radius 3 is 2.79 bits per heavy atom. The highest BCUT2D eigenvalue weighted by molar-refractivity contribution is 8.02. The van der Waals surface area contributed by atoms with Crippen LogP contribution in [0.15, 0.2) is 47.8 Å². The molecule has 0 radical (unpaired) electrons. The third-order valence-corrected chi connectivity index (χ3v) is 6.37. The second kappa shape index (κ2) is 8.01. The fraction of sp³-hybridized carbons (Fsp3) is 0.350. The van der Waals surface area contributed by atoms with Crippen molar-refractivity contribution in [3.63, 3.8) is 0 Å². The van der Waals surface area contributed by atoms with Gasteiger partial charge in [-0.05, 0) is 37.0 Å². The lowest BCUT2D eigenvalue weighted by molar-refractivity contribution is 0.148. The average Bonchev–Trinajstić information content (AvgIpc) is 3.20. The minimum Gasteiger partial charge on any atom is -0.340 e. The van der Waals surface area contributed by atoms with E-state index >= 15 is 0 Å². The second-order valence-corrected chi connectivity index (χ2v) is 8.39. The van der Waals surface area contributed by atoms with Gasteiger partial charge in [-0.2, -0.15) is 0 Å². The van der Waals surface area contributed by atoms with Gasteiger partial charge in [-0.1, -0.05) is 35.5 Å². The van der Waals surface area contributed by atoms with Gasteiger partial charge in [0.25, 0.3) is 0 Å². The molecule has 1 unspecified atom stereocenters. The molecule has 2 amide bonds. The number of rotatable bonds is 5. The first kappa shape index (κ1) is 19.1. The summed E-state index contributed by atoms with van der Waals surface area (Å²) >= 11 is 7.74. The van der Waals surface area contributed by atoms with Crippen molar-refractivity contribution in [3.8, 4) is 0 Å². The van der Waals surface area contributed by atoms with E-state index < -0.39 is 0 Å². The van der Waals surface area contributed by atoms with E-state index in [0.717, 1.165) is 22.6 Å². The Morgan fingerprint density at radius 1 is 1.18 bits per heavy atom. The first-order valence-electron chi connectivity index (χ1n) is 9.17. The highest BCUT2D eigenvalue weighted by Gasteiger charge is 2.39. The molecule has 6 nitrogen and oxygen atoms in total. The molecule has 1 aromatic carbocycles. The summed E-state index contributed by atoms with van der Waals surface area (Å²) in [5, 5.41) is 2.80. The molecule has 2 aliphatic heterocycles. The van der Waals surface area contributed by atoms with Crippen molar-refractivity contribution in [2.24, 2.45) is 0 Å². The number of amides is 2. The van der Waals surface area contributed by atoms with E-state index in [1.54, 1.807) is 24.2 Å². The van der Waals surface area contributed by atoms with Crippen molar-refractivity contribution >= 4 is 29.4 Å². The Morgan fingerprint density at radius 2 is 2.04 bits per heavy atom. The predicted octanol–water partition coefficient (Wildman–Crippen LogP) is 4.07. The van der Waals surface area contributed by atoms with E-state index in [1.807, 2.05) is 41.0 Å². The third kappa shape index (κ3) is 3.95. The Labute approximate surface area is 174 Å². The van der Waals surface area contributed by atoms with Crippen LogP contribution in [-0.4, -0.2) is 49.3 Å². The Balaban J connectivity index is 1.45. The van der Waals surface area contributed by atoms with Crippen molar-refractivity contribution < 1.29 is 4.79 Å². The highest BCUT2D eigenvalue weighted by Crippen LogP contribution is 2.36. The molecule has 2 aromatic rings. The summed E-state index contributed by atoms with van der Waals surface area (Å²) in [7, 11) is 0. The van der Waals surface area contributed by atoms with Crippen LogP contribution in [0, 0.1) is 6.92 Å². The maximum atomic E-state index is 13.1. The van der Waals surface area contributed by atoms with E-state index in [4.69, 9.17) is 11.6 Å². The lowest BCUT2D eigenvalue weighted by Gasteiger charge is -2.33. The maximum Gasteiger partial charge on any atom is 0.322 e. The zero-order valence-electron chi connectivity index (χ0n) is 15.9. The number of carbonyl (C=O) groups is 1. The van der Waals surface area contributed by atoms with Gasteiger partial charge in [-0.3, -0.25) is 14.9 Å². The number of hydrogen-bond acceptors (Lipinski definition) is 5. The number of halogens is 1. The Kier molecular flexibility index (Phi) is 5.46. The predicted molar refractivity (Wildman–Crippen MR) is 111 cm³/mol. The molecule has 1 aromatic heterocycles. The van der Waals surface area contributed by atoms with E-state index in [-0.39, 0.29) is 11.5 Å². The van der Waals surface area contributed by atoms with Crippen molar-refractivity contribution in [2.45, 2.75) is 32.4 Å². The topological polar surface area (TPSA) is 52.6 Å². The van der Waals surface area contributed by atoms with Crippen molar-refractivity contribution in [1.29, 1.82) is 0 Å². The summed E-state index contributed by atoms with van der Waals surface area (Å²) in [4.78, 5) is 27.9. The average molecular weight is 416 g/mol. The van der Waals surface area contributed by atoms with Crippen LogP contribution in [0.25, 0.3) is 0 Å². The van der Waals surface area contributed by atoms with Gasteiger partial charge in [-0.25, -0.2) is 4.79 Å². The van der Waals surface area contributed by atoms with Gasteiger partial charge in [0.15, 0.2) is 5.50 Å². The van der Waals surface area contributed by atoms with Crippen LogP contribution >= 0.6 is 23.4 Å². The standard InChI is InChI=1S/C20H22ClN5OS/c1-14-9-23-18(10-22-14)12-26-15(2)13-28-20(26)25-7-6-24(19(25)27)11-16-4-3-5-17(21)8-16/h3-5,8-10,13,20H,6-7,11-12H2,1-2H3. The van der Waals surface area contributed by atoms with Gasteiger partial charge < -0.3 is 9.80 Å². The molecule has 3 heterocycles. The number of benzene rings is 1. The number of aromatic nitrogens is 2. The molecule has 1 atom stereocenters. The lowest BCUT2D eigenvalue weighted by atomic mass is 10.2. The summed E-state index contributed by atoms with van der Waals surface area (Å²) in [6.07, 6.45) is 3.58.